The smallest absolute Gasteiger partial charge is 0.0346 e. The van der Waals surface area contributed by atoms with Gasteiger partial charge in [-0.15, -0.1) is 0 Å². The molecule has 25 heavy (non-hydrogen) atoms. The number of hydrogen-bond donors (Lipinski definition) is 1. The average molecular weight is 346 g/mol. The number of nitrogens with zero attached hydrogens (tertiary/aromatic N) is 1. The van der Waals surface area contributed by atoms with Crippen LogP contribution in [0.15, 0.2) is 67.0 Å². The van der Waals surface area contributed by atoms with Crippen LogP contribution >= 0.6 is 12.2 Å². The second-order valence-electron chi connectivity index (χ2n) is 6.87. The molecule has 1 aliphatic heterocycles. The van der Waals surface area contributed by atoms with E-state index in [1.807, 2.05) is 12.4 Å². The van der Waals surface area contributed by atoms with Gasteiger partial charge in [-0.1, -0.05) is 60.7 Å². The van der Waals surface area contributed by atoms with Gasteiger partial charge in [0.2, 0.25) is 0 Å². The fraction of sp³-hybridized carbons (Fsp3) is 0.273. The zero-order chi connectivity index (χ0) is 17.1. The summed E-state index contributed by atoms with van der Waals surface area (Å²) < 4.78 is 0. The molecule has 0 aliphatic carbocycles. The zero-order valence-electron chi connectivity index (χ0n) is 14.2. The summed E-state index contributed by atoms with van der Waals surface area (Å²) in [5.74, 6) is 1.16. The Morgan fingerprint density at radius 2 is 1.92 bits per heavy atom. The van der Waals surface area contributed by atoms with E-state index in [0.717, 1.165) is 30.8 Å². The Morgan fingerprint density at radius 1 is 1.04 bits per heavy atom. The molecule has 2 aromatic carbocycles. The molecular formula is C22H22N2S. The SMILES string of the molecule is S=C(Cc1cccc2cnccc12)CC1CNCC1c1ccccc1. The first-order valence-corrected chi connectivity index (χ1v) is 9.31. The molecule has 0 spiro atoms. The first kappa shape index (κ1) is 16.4. The van der Waals surface area contributed by atoms with E-state index in [1.54, 1.807) is 0 Å². The van der Waals surface area contributed by atoms with E-state index in [1.165, 1.54) is 21.9 Å². The lowest BCUT2D eigenvalue weighted by atomic mass is 9.85. The van der Waals surface area contributed by atoms with Crippen molar-refractivity contribution in [2.24, 2.45) is 5.92 Å². The topological polar surface area (TPSA) is 24.9 Å². The Morgan fingerprint density at radius 3 is 2.80 bits per heavy atom. The summed E-state index contributed by atoms with van der Waals surface area (Å²) in [6, 6.07) is 19.3. The lowest BCUT2D eigenvalue weighted by molar-refractivity contribution is 0.539. The summed E-state index contributed by atoms with van der Waals surface area (Å²) in [4.78, 5) is 5.37. The van der Waals surface area contributed by atoms with Gasteiger partial charge in [-0.05, 0) is 46.3 Å². The van der Waals surface area contributed by atoms with Crippen LogP contribution in [0.5, 0.6) is 0 Å². The van der Waals surface area contributed by atoms with Crippen molar-refractivity contribution in [3.05, 3.63) is 78.1 Å². The lowest BCUT2D eigenvalue weighted by Gasteiger charge is -2.19. The Hall–Kier alpha value is -2.10. The van der Waals surface area contributed by atoms with E-state index in [4.69, 9.17) is 12.2 Å². The van der Waals surface area contributed by atoms with E-state index >= 15 is 0 Å². The molecular weight excluding hydrogens is 324 g/mol. The third kappa shape index (κ3) is 3.63. The molecule has 1 fully saturated rings. The van der Waals surface area contributed by atoms with E-state index in [2.05, 4.69) is 64.9 Å². The number of hydrogen-bond acceptors (Lipinski definition) is 3. The summed E-state index contributed by atoms with van der Waals surface area (Å²) >= 11 is 5.80. The lowest BCUT2D eigenvalue weighted by Crippen LogP contribution is -2.16. The molecule has 1 saturated heterocycles. The van der Waals surface area contributed by atoms with Gasteiger partial charge in [0.05, 0.1) is 0 Å². The molecule has 2 atom stereocenters. The predicted octanol–water partition coefficient (Wildman–Crippen LogP) is 4.54. The molecule has 2 nitrogen and oxygen atoms in total. The van der Waals surface area contributed by atoms with Crippen LogP contribution in [-0.4, -0.2) is 22.9 Å². The molecule has 2 heterocycles. The molecule has 0 bridgehead atoms. The Bertz CT molecular complexity index is 870. The first-order chi connectivity index (χ1) is 12.3. The van der Waals surface area contributed by atoms with Crippen molar-refractivity contribution in [2.75, 3.05) is 13.1 Å². The van der Waals surface area contributed by atoms with Crippen LogP contribution in [0.25, 0.3) is 10.8 Å². The van der Waals surface area contributed by atoms with Gasteiger partial charge in [0.25, 0.3) is 0 Å². The van der Waals surface area contributed by atoms with Gasteiger partial charge in [0.15, 0.2) is 0 Å². The van der Waals surface area contributed by atoms with Crippen LogP contribution in [0.2, 0.25) is 0 Å². The zero-order valence-corrected chi connectivity index (χ0v) is 15.0. The molecule has 2 unspecified atom stereocenters. The number of pyridine rings is 1. The van der Waals surface area contributed by atoms with Crippen molar-refractivity contribution in [1.29, 1.82) is 0 Å². The van der Waals surface area contributed by atoms with E-state index in [0.29, 0.717) is 11.8 Å². The van der Waals surface area contributed by atoms with Gasteiger partial charge in [-0.3, -0.25) is 4.98 Å². The van der Waals surface area contributed by atoms with Crippen molar-refractivity contribution < 1.29 is 0 Å². The van der Waals surface area contributed by atoms with Crippen LogP contribution in [0.1, 0.15) is 23.5 Å². The quantitative estimate of drug-likeness (QED) is 0.687. The van der Waals surface area contributed by atoms with Crippen LogP contribution in [-0.2, 0) is 6.42 Å². The largest absolute Gasteiger partial charge is 0.316 e. The minimum atomic E-state index is 0.566. The number of rotatable bonds is 5. The molecule has 0 saturated carbocycles. The van der Waals surface area contributed by atoms with Gasteiger partial charge < -0.3 is 5.32 Å². The minimum absolute atomic E-state index is 0.566. The highest BCUT2D eigenvalue weighted by Gasteiger charge is 2.28. The van der Waals surface area contributed by atoms with E-state index < -0.39 is 0 Å². The number of nitrogens with one attached hydrogen (secondary N) is 1. The fourth-order valence-electron chi connectivity index (χ4n) is 3.96. The third-order valence-corrected chi connectivity index (χ3v) is 5.53. The maximum Gasteiger partial charge on any atom is 0.0346 e. The summed E-state index contributed by atoms with van der Waals surface area (Å²) in [5.41, 5.74) is 2.74. The minimum Gasteiger partial charge on any atom is -0.316 e. The summed E-state index contributed by atoms with van der Waals surface area (Å²) in [7, 11) is 0. The van der Waals surface area contributed by atoms with Crippen LogP contribution in [0.3, 0.4) is 0 Å². The van der Waals surface area contributed by atoms with Crippen LogP contribution in [0.4, 0.5) is 0 Å². The van der Waals surface area contributed by atoms with Gasteiger partial charge in [0.1, 0.15) is 0 Å². The molecule has 0 radical (unpaired) electrons. The highest BCUT2D eigenvalue weighted by molar-refractivity contribution is 7.80. The van der Waals surface area contributed by atoms with Gasteiger partial charge in [-0.2, -0.15) is 0 Å². The van der Waals surface area contributed by atoms with Crippen molar-refractivity contribution >= 4 is 27.9 Å². The van der Waals surface area contributed by atoms with E-state index in [-0.39, 0.29) is 0 Å². The second-order valence-corrected chi connectivity index (χ2v) is 7.45. The molecule has 126 valence electrons. The van der Waals surface area contributed by atoms with Gasteiger partial charge >= 0.3 is 0 Å². The highest BCUT2D eigenvalue weighted by Crippen LogP contribution is 2.31. The standard InChI is InChI=1S/C22H22N2S/c25-20(11-17-7-4-8-18-13-23-10-9-21(17)18)12-19-14-24-15-22(19)16-5-2-1-3-6-16/h1-10,13,19,22,24H,11-12,14-15H2. The number of fused-ring (bicyclic) bond motifs is 1. The summed E-state index contributed by atoms with van der Waals surface area (Å²) in [6.07, 6.45) is 5.66. The van der Waals surface area contributed by atoms with Crippen molar-refractivity contribution in [3.63, 3.8) is 0 Å². The molecule has 3 heteroatoms. The molecule has 4 rings (SSSR count). The van der Waals surface area contributed by atoms with Gasteiger partial charge in [-0.25, -0.2) is 0 Å². The molecule has 1 aromatic heterocycles. The maximum absolute atomic E-state index is 5.80. The molecule has 3 aromatic rings. The van der Waals surface area contributed by atoms with Crippen molar-refractivity contribution in [2.45, 2.75) is 18.8 Å². The van der Waals surface area contributed by atoms with Crippen LogP contribution < -0.4 is 5.32 Å². The number of thiocarbonyl (C=S) groups is 1. The monoisotopic (exact) mass is 346 g/mol. The summed E-state index contributed by atoms with van der Waals surface area (Å²) in [6.45, 7) is 2.11. The highest BCUT2D eigenvalue weighted by atomic mass is 32.1. The normalized spacial score (nSPS) is 20.0. The Balaban J connectivity index is 1.48. The van der Waals surface area contributed by atoms with Crippen molar-refractivity contribution in [3.8, 4) is 0 Å². The predicted molar refractivity (Wildman–Crippen MR) is 108 cm³/mol. The fourth-order valence-corrected chi connectivity index (χ4v) is 4.33. The molecule has 0 amide bonds. The summed E-state index contributed by atoms with van der Waals surface area (Å²) in [5, 5.41) is 6.01. The number of aromatic nitrogens is 1. The van der Waals surface area contributed by atoms with E-state index in [9.17, 15) is 0 Å². The maximum atomic E-state index is 5.80. The third-order valence-electron chi connectivity index (χ3n) is 5.22. The molecule has 1 N–H and O–H groups in total. The Labute approximate surface area is 154 Å². The number of benzene rings is 2. The van der Waals surface area contributed by atoms with Crippen LogP contribution in [0, 0.1) is 5.92 Å². The average Bonchev–Trinajstić information content (AvgIpc) is 3.11. The first-order valence-electron chi connectivity index (χ1n) is 8.90. The molecule has 1 aliphatic rings. The second kappa shape index (κ2) is 7.42. The van der Waals surface area contributed by atoms with Crippen molar-refractivity contribution in [1.82, 2.24) is 10.3 Å². The van der Waals surface area contributed by atoms with Gasteiger partial charge in [0, 0.05) is 36.7 Å². The Kier molecular flexibility index (Phi) is 4.86.